The normalized spacial score (nSPS) is 18.9. The fourth-order valence-corrected chi connectivity index (χ4v) is 4.76. The molecular weight excluding hydrogens is 408 g/mol. The van der Waals surface area contributed by atoms with Crippen LogP contribution in [-0.2, 0) is 22.4 Å². The van der Waals surface area contributed by atoms with E-state index in [4.69, 9.17) is 15.5 Å². The van der Waals surface area contributed by atoms with Gasteiger partial charge in [0.05, 0.1) is 17.1 Å². The molecule has 1 unspecified atom stereocenters. The van der Waals surface area contributed by atoms with Crippen LogP contribution < -0.4 is 11.1 Å². The number of anilines is 2. The summed E-state index contributed by atoms with van der Waals surface area (Å²) in [6.45, 7) is 8.17. The maximum atomic E-state index is 13.0. The van der Waals surface area contributed by atoms with Crippen LogP contribution in [0.15, 0.2) is 35.5 Å². The highest BCUT2D eigenvalue weighted by atomic mass is 16.6. The van der Waals surface area contributed by atoms with Crippen molar-refractivity contribution in [3.05, 3.63) is 68.0 Å². The molecule has 1 aliphatic carbocycles. The van der Waals surface area contributed by atoms with Crippen LogP contribution in [0.1, 0.15) is 62.4 Å². The second-order valence-electron chi connectivity index (χ2n) is 9.22. The molecule has 1 aromatic heterocycles. The molecule has 0 fully saturated rings. The third-order valence-electron chi connectivity index (χ3n) is 6.36. The average Bonchev–Trinajstić information content (AvgIpc) is 2.73. The summed E-state index contributed by atoms with van der Waals surface area (Å²) in [5, 5.41) is 14.7. The Hall–Kier alpha value is -3.42. The summed E-state index contributed by atoms with van der Waals surface area (Å²) in [7, 11) is 0. The van der Waals surface area contributed by atoms with Gasteiger partial charge in [0.2, 0.25) is 0 Å². The SMILES string of the molecule is CCOC(=O)C1=C(C)Nc2nc3c(c(N)c2C1c1cccc([N+](=O)[O-])c1)CC(C)(C)CC3. The van der Waals surface area contributed by atoms with E-state index in [9.17, 15) is 14.9 Å². The summed E-state index contributed by atoms with van der Waals surface area (Å²) in [4.78, 5) is 28.9. The number of hydrogen-bond acceptors (Lipinski definition) is 7. The smallest absolute Gasteiger partial charge is 0.336 e. The second kappa shape index (κ2) is 7.93. The van der Waals surface area contributed by atoms with Crippen LogP contribution in [0.25, 0.3) is 0 Å². The summed E-state index contributed by atoms with van der Waals surface area (Å²) < 4.78 is 5.35. The number of benzene rings is 1. The van der Waals surface area contributed by atoms with Gasteiger partial charge in [0.15, 0.2) is 0 Å². The molecule has 0 radical (unpaired) electrons. The van der Waals surface area contributed by atoms with Gasteiger partial charge in [0.1, 0.15) is 5.82 Å². The molecule has 0 saturated heterocycles. The molecule has 0 spiro atoms. The fourth-order valence-electron chi connectivity index (χ4n) is 4.76. The van der Waals surface area contributed by atoms with Crippen LogP contribution in [0.2, 0.25) is 0 Å². The number of carbonyl (C=O) groups is 1. The van der Waals surface area contributed by atoms with Gasteiger partial charge in [-0.1, -0.05) is 26.0 Å². The van der Waals surface area contributed by atoms with Crippen molar-refractivity contribution in [1.82, 2.24) is 4.98 Å². The summed E-state index contributed by atoms with van der Waals surface area (Å²) in [5.74, 6) is -0.492. The lowest BCUT2D eigenvalue weighted by Gasteiger charge is -2.36. The molecule has 8 heteroatoms. The van der Waals surface area contributed by atoms with Crippen LogP contribution in [0.3, 0.4) is 0 Å². The largest absolute Gasteiger partial charge is 0.463 e. The Morgan fingerprint density at radius 1 is 1.41 bits per heavy atom. The van der Waals surface area contributed by atoms with Crippen molar-refractivity contribution in [2.24, 2.45) is 5.41 Å². The number of nitro groups is 1. The van der Waals surface area contributed by atoms with Crippen LogP contribution >= 0.6 is 0 Å². The molecule has 3 N–H and O–H groups in total. The Balaban J connectivity index is 1.97. The first-order valence-electron chi connectivity index (χ1n) is 10.8. The van der Waals surface area contributed by atoms with Crippen molar-refractivity contribution < 1.29 is 14.5 Å². The van der Waals surface area contributed by atoms with E-state index in [0.29, 0.717) is 33.9 Å². The third-order valence-corrected chi connectivity index (χ3v) is 6.36. The molecule has 2 aliphatic rings. The Labute approximate surface area is 187 Å². The average molecular weight is 437 g/mol. The number of nitrogens with two attached hydrogens (primary N) is 1. The van der Waals surface area contributed by atoms with E-state index in [1.807, 2.05) is 0 Å². The zero-order valence-corrected chi connectivity index (χ0v) is 18.8. The third kappa shape index (κ3) is 3.70. The molecule has 4 rings (SSSR count). The monoisotopic (exact) mass is 436 g/mol. The standard InChI is InChI=1S/C24H28N4O4/c1-5-32-23(29)18-13(2)26-22-20(19(18)14-7-6-8-15(11-14)28(30)31)21(25)16-12-24(3,4)10-9-17(16)27-22/h6-8,11,19H,5,9-10,12H2,1-4H3,(H3,25,26,27). The first-order chi connectivity index (χ1) is 15.1. The molecule has 2 heterocycles. The lowest BCUT2D eigenvalue weighted by Crippen LogP contribution is -2.30. The van der Waals surface area contributed by atoms with E-state index >= 15 is 0 Å². The maximum Gasteiger partial charge on any atom is 0.336 e. The molecule has 1 atom stereocenters. The van der Waals surface area contributed by atoms with Gasteiger partial charge in [-0.2, -0.15) is 0 Å². The molecule has 0 bridgehead atoms. The van der Waals surface area contributed by atoms with E-state index in [0.717, 1.165) is 30.5 Å². The number of ether oxygens (including phenoxy) is 1. The number of allylic oxidation sites excluding steroid dienone is 1. The first-order valence-corrected chi connectivity index (χ1v) is 10.8. The zero-order valence-electron chi connectivity index (χ0n) is 18.8. The van der Waals surface area contributed by atoms with Crippen LogP contribution in [0.5, 0.6) is 0 Å². The van der Waals surface area contributed by atoms with E-state index in [-0.39, 0.29) is 17.7 Å². The molecule has 0 saturated carbocycles. The highest BCUT2D eigenvalue weighted by molar-refractivity contribution is 5.95. The number of pyridine rings is 1. The van der Waals surface area contributed by atoms with Gasteiger partial charge < -0.3 is 15.8 Å². The number of rotatable bonds is 4. The number of fused-ring (bicyclic) bond motifs is 2. The molecule has 168 valence electrons. The Morgan fingerprint density at radius 2 is 2.16 bits per heavy atom. The number of nitrogens with zero attached hydrogens (tertiary/aromatic N) is 2. The van der Waals surface area contributed by atoms with Crippen molar-refractivity contribution in [2.75, 3.05) is 17.7 Å². The highest BCUT2D eigenvalue weighted by Gasteiger charge is 2.39. The number of nitro benzene ring substituents is 1. The summed E-state index contributed by atoms with van der Waals surface area (Å²) in [6, 6.07) is 6.33. The number of nitrogens with one attached hydrogen (secondary N) is 1. The maximum absolute atomic E-state index is 13.0. The second-order valence-corrected chi connectivity index (χ2v) is 9.22. The van der Waals surface area contributed by atoms with Crippen molar-refractivity contribution in [3.8, 4) is 0 Å². The number of aryl methyl sites for hydroxylation is 1. The molecule has 2 aromatic rings. The number of non-ortho nitro benzene ring substituents is 1. The quantitative estimate of drug-likeness (QED) is 0.412. The fraction of sp³-hybridized carbons (Fsp3) is 0.417. The summed E-state index contributed by atoms with van der Waals surface area (Å²) >= 11 is 0. The topological polar surface area (TPSA) is 120 Å². The molecule has 1 aromatic carbocycles. The predicted molar refractivity (Wildman–Crippen MR) is 122 cm³/mol. The van der Waals surface area contributed by atoms with Gasteiger partial charge in [-0.05, 0) is 49.7 Å². The number of esters is 1. The van der Waals surface area contributed by atoms with Crippen molar-refractivity contribution >= 4 is 23.2 Å². The molecule has 0 amide bonds. The number of hydrogen-bond donors (Lipinski definition) is 2. The van der Waals surface area contributed by atoms with E-state index in [1.54, 1.807) is 26.0 Å². The van der Waals surface area contributed by atoms with Gasteiger partial charge in [0.25, 0.3) is 5.69 Å². The minimum atomic E-state index is -0.618. The van der Waals surface area contributed by atoms with Gasteiger partial charge in [0, 0.05) is 40.7 Å². The van der Waals surface area contributed by atoms with Gasteiger partial charge in [-0.15, -0.1) is 0 Å². The van der Waals surface area contributed by atoms with E-state index in [1.165, 1.54) is 12.1 Å². The van der Waals surface area contributed by atoms with Crippen molar-refractivity contribution in [1.29, 1.82) is 0 Å². The minimum Gasteiger partial charge on any atom is -0.463 e. The Bertz CT molecular complexity index is 1150. The first kappa shape index (κ1) is 21.8. The van der Waals surface area contributed by atoms with Crippen molar-refractivity contribution in [2.45, 2.75) is 52.9 Å². The summed E-state index contributed by atoms with van der Waals surface area (Å²) in [6.07, 6.45) is 2.63. The number of nitrogen functional groups attached to an aromatic ring is 1. The molecule has 8 nitrogen and oxygen atoms in total. The summed E-state index contributed by atoms with van der Waals surface area (Å²) in [5.41, 5.74) is 11.7. The van der Waals surface area contributed by atoms with Gasteiger partial charge in [-0.3, -0.25) is 10.1 Å². The Morgan fingerprint density at radius 3 is 2.84 bits per heavy atom. The van der Waals surface area contributed by atoms with Crippen LogP contribution in [-0.4, -0.2) is 22.5 Å². The number of aromatic nitrogens is 1. The van der Waals surface area contributed by atoms with E-state index in [2.05, 4.69) is 19.2 Å². The highest BCUT2D eigenvalue weighted by Crippen LogP contribution is 2.48. The lowest BCUT2D eigenvalue weighted by atomic mass is 9.73. The minimum absolute atomic E-state index is 0.0472. The van der Waals surface area contributed by atoms with Crippen LogP contribution in [0.4, 0.5) is 17.2 Å². The van der Waals surface area contributed by atoms with Crippen LogP contribution in [0, 0.1) is 15.5 Å². The molecular formula is C24H28N4O4. The van der Waals surface area contributed by atoms with E-state index < -0.39 is 16.8 Å². The number of carbonyl (C=O) groups excluding carboxylic acids is 1. The zero-order chi connectivity index (χ0) is 23.2. The molecule has 32 heavy (non-hydrogen) atoms. The van der Waals surface area contributed by atoms with Gasteiger partial charge >= 0.3 is 5.97 Å². The molecule has 1 aliphatic heterocycles. The van der Waals surface area contributed by atoms with Gasteiger partial charge in [-0.25, -0.2) is 9.78 Å². The predicted octanol–water partition coefficient (Wildman–Crippen LogP) is 4.48. The lowest BCUT2D eigenvalue weighted by molar-refractivity contribution is -0.384. The van der Waals surface area contributed by atoms with Crippen molar-refractivity contribution in [3.63, 3.8) is 0 Å². The Kier molecular flexibility index (Phi) is 5.40.